The third-order valence-electron chi connectivity index (χ3n) is 4.24. The highest BCUT2D eigenvalue weighted by atomic mass is 32.2. The predicted octanol–water partition coefficient (Wildman–Crippen LogP) is 4.93. The highest BCUT2D eigenvalue weighted by molar-refractivity contribution is 7.98. The van der Waals surface area contributed by atoms with Crippen molar-refractivity contribution in [3.63, 3.8) is 0 Å². The van der Waals surface area contributed by atoms with Crippen LogP contribution in [0, 0.1) is 0 Å². The van der Waals surface area contributed by atoms with E-state index in [2.05, 4.69) is 9.72 Å². The van der Waals surface area contributed by atoms with Gasteiger partial charge in [0.25, 0.3) is 5.56 Å². The van der Waals surface area contributed by atoms with Gasteiger partial charge in [0.05, 0.1) is 23.7 Å². The molecule has 8 heteroatoms. The van der Waals surface area contributed by atoms with Crippen molar-refractivity contribution in [2.45, 2.75) is 24.1 Å². The fourth-order valence-corrected chi connectivity index (χ4v) is 3.83. The number of hydrogen-bond donors (Lipinski definition) is 0. The summed E-state index contributed by atoms with van der Waals surface area (Å²) in [6.45, 7) is -2.58. The number of hydrogen-bond acceptors (Lipinski definition) is 5. The lowest BCUT2D eigenvalue weighted by Crippen LogP contribution is -2.23. The molecule has 0 aliphatic rings. The summed E-state index contributed by atoms with van der Waals surface area (Å²) in [5, 5.41) is 1.09. The molecule has 0 fully saturated rings. The van der Waals surface area contributed by atoms with Gasteiger partial charge in [-0.3, -0.25) is 9.36 Å². The van der Waals surface area contributed by atoms with E-state index < -0.39 is 6.61 Å². The number of halogens is 2. The van der Waals surface area contributed by atoms with E-state index in [4.69, 9.17) is 4.42 Å². The highest BCUT2D eigenvalue weighted by Crippen LogP contribution is 2.24. The van der Waals surface area contributed by atoms with Gasteiger partial charge in [-0.25, -0.2) is 4.98 Å². The van der Waals surface area contributed by atoms with Crippen LogP contribution in [-0.2, 0) is 12.3 Å². The van der Waals surface area contributed by atoms with Crippen molar-refractivity contribution in [3.05, 3.63) is 88.6 Å². The molecule has 0 spiro atoms. The first kappa shape index (κ1) is 19.2. The quantitative estimate of drug-likeness (QED) is 0.317. The molecule has 2 aromatic heterocycles. The summed E-state index contributed by atoms with van der Waals surface area (Å²) < 4.78 is 35.9. The molecule has 0 atom stereocenters. The first-order chi connectivity index (χ1) is 14.1. The fraction of sp³-hybridized carbons (Fsp3) is 0.143. The Morgan fingerprint density at radius 3 is 2.59 bits per heavy atom. The molecular weight excluding hydrogens is 398 g/mol. The van der Waals surface area contributed by atoms with Gasteiger partial charge in [-0.15, -0.1) is 0 Å². The lowest BCUT2D eigenvalue weighted by molar-refractivity contribution is -0.0498. The minimum Gasteiger partial charge on any atom is -0.467 e. The maximum atomic E-state index is 13.0. The lowest BCUT2D eigenvalue weighted by atomic mass is 10.2. The third-order valence-corrected chi connectivity index (χ3v) is 5.28. The molecule has 0 radical (unpaired) electrons. The van der Waals surface area contributed by atoms with Gasteiger partial charge in [-0.1, -0.05) is 36.0 Å². The van der Waals surface area contributed by atoms with E-state index >= 15 is 0 Å². The summed E-state index contributed by atoms with van der Waals surface area (Å²) in [5.41, 5.74) is 1.37. The molecule has 0 saturated carbocycles. The summed E-state index contributed by atoms with van der Waals surface area (Å²) in [4.78, 5) is 17.7. The summed E-state index contributed by atoms with van der Waals surface area (Å²) in [6, 6.07) is 17.2. The van der Waals surface area contributed by atoms with E-state index in [0.717, 1.165) is 5.56 Å². The molecule has 2 aromatic carbocycles. The second kappa shape index (κ2) is 8.48. The molecular formula is C21H16F2N2O3S. The van der Waals surface area contributed by atoms with Crippen LogP contribution in [0.5, 0.6) is 5.75 Å². The van der Waals surface area contributed by atoms with Crippen LogP contribution in [0.4, 0.5) is 8.78 Å². The van der Waals surface area contributed by atoms with E-state index in [1.165, 1.54) is 23.9 Å². The van der Waals surface area contributed by atoms with Crippen molar-refractivity contribution in [1.29, 1.82) is 0 Å². The zero-order valence-electron chi connectivity index (χ0n) is 15.1. The lowest BCUT2D eigenvalue weighted by Gasteiger charge is -2.12. The van der Waals surface area contributed by atoms with Crippen LogP contribution in [0.1, 0.15) is 11.3 Å². The fourth-order valence-electron chi connectivity index (χ4n) is 2.87. The number of thioether (sulfide) groups is 1. The second-order valence-corrected chi connectivity index (χ2v) is 7.14. The second-order valence-electron chi connectivity index (χ2n) is 6.19. The zero-order chi connectivity index (χ0) is 20.2. The van der Waals surface area contributed by atoms with Gasteiger partial charge in [-0.05, 0) is 42.0 Å². The number of benzene rings is 2. The van der Waals surface area contributed by atoms with Gasteiger partial charge in [0.15, 0.2) is 5.16 Å². The average Bonchev–Trinajstić information content (AvgIpc) is 3.23. The average molecular weight is 414 g/mol. The number of aromatic nitrogens is 2. The summed E-state index contributed by atoms with van der Waals surface area (Å²) >= 11 is 1.39. The Kier molecular flexibility index (Phi) is 5.62. The molecule has 2 heterocycles. The molecule has 5 nitrogen and oxygen atoms in total. The minimum absolute atomic E-state index is 0.104. The van der Waals surface area contributed by atoms with Crippen molar-refractivity contribution >= 4 is 22.7 Å². The van der Waals surface area contributed by atoms with Gasteiger partial charge in [0.2, 0.25) is 0 Å². The normalized spacial score (nSPS) is 11.3. The Morgan fingerprint density at radius 2 is 1.86 bits per heavy atom. The van der Waals surface area contributed by atoms with Crippen LogP contribution in [0.2, 0.25) is 0 Å². The van der Waals surface area contributed by atoms with E-state index in [1.807, 2.05) is 6.07 Å². The van der Waals surface area contributed by atoms with Crippen molar-refractivity contribution in [1.82, 2.24) is 9.55 Å². The van der Waals surface area contributed by atoms with E-state index in [-0.39, 0.29) is 17.9 Å². The molecule has 148 valence electrons. The Hall–Kier alpha value is -3.13. The Labute approximate surface area is 168 Å². The van der Waals surface area contributed by atoms with Gasteiger partial charge >= 0.3 is 6.61 Å². The smallest absolute Gasteiger partial charge is 0.387 e. The van der Waals surface area contributed by atoms with Crippen LogP contribution in [-0.4, -0.2) is 16.2 Å². The van der Waals surface area contributed by atoms with Crippen LogP contribution in [0.15, 0.2) is 81.3 Å². The SMILES string of the molecule is O=c1c2ccccc2nc(SCc2ccc(OC(F)F)cc2)n1Cc1ccco1. The molecule has 29 heavy (non-hydrogen) atoms. The van der Waals surface area contributed by atoms with Gasteiger partial charge < -0.3 is 9.15 Å². The van der Waals surface area contributed by atoms with Crippen molar-refractivity contribution in [3.8, 4) is 5.75 Å². The van der Waals surface area contributed by atoms with E-state index in [9.17, 15) is 13.6 Å². The number of rotatable bonds is 7. The zero-order valence-corrected chi connectivity index (χ0v) is 15.9. The Balaban J connectivity index is 1.62. The van der Waals surface area contributed by atoms with E-state index in [1.54, 1.807) is 53.3 Å². The molecule has 0 amide bonds. The molecule has 0 saturated heterocycles. The predicted molar refractivity (Wildman–Crippen MR) is 106 cm³/mol. The summed E-state index contributed by atoms with van der Waals surface area (Å²) in [5.74, 6) is 1.27. The Morgan fingerprint density at radius 1 is 1.07 bits per heavy atom. The van der Waals surface area contributed by atoms with Gasteiger partial charge in [0, 0.05) is 5.75 Å². The maximum Gasteiger partial charge on any atom is 0.387 e. The third kappa shape index (κ3) is 4.48. The van der Waals surface area contributed by atoms with Crippen LogP contribution in [0.25, 0.3) is 10.9 Å². The summed E-state index contributed by atoms with van der Waals surface area (Å²) in [6.07, 6.45) is 1.56. The number of ether oxygens (including phenoxy) is 1. The number of nitrogens with zero attached hydrogens (tertiary/aromatic N) is 2. The number of furan rings is 1. The number of alkyl halides is 2. The molecule has 0 N–H and O–H groups in total. The number of fused-ring (bicyclic) bond motifs is 1. The van der Waals surface area contributed by atoms with Gasteiger partial charge in [0.1, 0.15) is 11.5 Å². The molecule has 4 aromatic rings. The molecule has 0 bridgehead atoms. The van der Waals surface area contributed by atoms with Crippen LogP contribution < -0.4 is 10.3 Å². The Bertz CT molecular complexity index is 1160. The molecule has 0 aliphatic heterocycles. The molecule has 4 rings (SSSR count). The highest BCUT2D eigenvalue weighted by Gasteiger charge is 2.13. The molecule has 0 aliphatic carbocycles. The van der Waals surface area contributed by atoms with Crippen molar-refractivity contribution in [2.75, 3.05) is 0 Å². The molecule has 0 unspecified atom stereocenters. The van der Waals surface area contributed by atoms with Crippen LogP contribution in [0.3, 0.4) is 0 Å². The van der Waals surface area contributed by atoms with Crippen molar-refractivity contribution < 1.29 is 17.9 Å². The number of para-hydroxylation sites is 1. The minimum atomic E-state index is -2.85. The standard InChI is InChI=1S/C21H16F2N2O3S/c22-20(23)28-15-9-7-14(8-10-15)13-29-21-24-18-6-2-1-5-17(18)19(26)25(21)12-16-4-3-11-27-16/h1-11,20H,12-13H2. The van der Waals surface area contributed by atoms with Crippen molar-refractivity contribution in [2.24, 2.45) is 0 Å². The largest absolute Gasteiger partial charge is 0.467 e. The van der Waals surface area contributed by atoms with E-state index in [0.29, 0.717) is 27.6 Å². The first-order valence-corrected chi connectivity index (χ1v) is 9.77. The maximum absolute atomic E-state index is 13.0. The van der Waals surface area contributed by atoms with Crippen LogP contribution >= 0.6 is 11.8 Å². The topological polar surface area (TPSA) is 57.3 Å². The monoisotopic (exact) mass is 414 g/mol. The van der Waals surface area contributed by atoms with Gasteiger partial charge in [-0.2, -0.15) is 8.78 Å². The first-order valence-electron chi connectivity index (χ1n) is 8.78. The summed E-state index contributed by atoms with van der Waals surface area (Å²) in [7, 11) is 0.